The first-order valence-corrected chi connectivity index (χ1v) is 8.99. The molecule has 3 rings (SSSR count). The van der Waals surface area contributed by atoms with E-state index in [9.17, 15) is 14.4 Å². The summed E-state index contributed by atoms with van der Waals surface area (Å²) in [5.74, 6) is -0.314. The molecule has 1 aromatic carbocycles. The zero-order valence-electron chi connectivity index (χ0n) is 15.0. The number of aromatic nitrogens is 2. The fourth-order valence-corrected chi connectivity index (χ4v) is 2.74. The Bertz CT molecular complexity index is 1100. The van der Waals surface area contributed by atoms with Gasteiger partial charge in [0.25, 0.3) is 11.5 Å². The van der Waals surface area contributed by atoms with E-state index in [4.69, 9.17) is 11.6 Å². The number of hydrogen-bond donors (Lipinski definition) is 3. The van der Waals surface area contributed by atoms with Crippen LogP contribution in [0.15, 0.2) is 53.6 Å². The minimum Gasteiger partial charge on any atom is -0.352 e. The van der Waals surface area contributed by atoms with E-state index in [0.29, 0.717) is 17.3 Å². The first kappa shape index (κ1) is 19.4. The van der Waals surface area contributed by atoms with Crippen molar-refractivity contribution in [1.29, 1.82) is 0 Å². The summed E-state index contributed by atoms with van der Waals surface area (Å²) in [6.07, 6.45) is 3.51. The molecule has 3 N–H and O–H groups in total. The standard InChI is InChI=1S/C19H18ClN5O3/c1-2-8-21-17(26)14-7-4-9-25-16(14)22-11-15(18(25)27)24-19(28)23-13-6-3-5-12(20)10-13/h3-7,9-11H,2,8H2,1H3,(H,21,26)(H2,23,24,28). The van der Waals surface area contributed by atoms with Crippen LogP contribution < -0.4 is 21.5 Å². The van der Waals surface area contributed by atoms with Crippen molar-refractivity contribution in [3.63, 3.8) is 0 Å². The Morgan fingerprint density at radius 2 is 2.00 bits per heavy atom. The summed E-state index contributed by atoms with van der Waals surface area (Å²) >= 11 is 5.88. The van der Waals surface area contributed by atoms with Crippen LogP contribution in [0.2, 0.25) is 5.02 Å². The highest BCUT2D eigenvalue weighted by Crippen LogP contribution is 2.15. The molecule has 0 saturated heterocycles. The first-order chi connectivity index (χ1) is 13.5. The molecule has 8 nitrogen and oxygen atoms in total. The van der Waals surface area contributed by atoms with Crippen LogP contribution in [0.5, 0.6) is 0 Å². The molecular formula is C19H18ClN5O3. The van der Waals surface area contributed by atoms with Crippen molar-refractivity contribution in [3.05, 3.63) is 69.7 Å². The SMILES string of the molecule is CCCNC(=O)c1cccn2c(=O)c(NC(=O)Nc3cccc(Cl)c3)cnc12. The molecule has 0 aliphatic carbocycles. The van der Waals surface area contributed by atoms with Gasteiger partial charge in [-0.05, 0) is 36.8 Å². The topological polar surface area (TPSA) is 105 Å². The Morgan fingerprint density at radius 1 is 1.18 bits per heavy atom. The molecule has 144 valence electrons. The number of amides is 3. The second-order valence-electron chi connectivity index (χ2n) is 5.94. The highest BCUT2D eigenvalue weighted by atomic mass is 35.5. The normalized spacial score (nSPS) is 10.5. The van der Waals surface area contributed by atoms with E-state index in [1.807, 2.05) is 6.92 Å². The van der Waals surface area contributed by atoms with Gasteiger partial charge in [-0.25, -0.2) is 9.78 Å². The summed E-state index contributed by atoms with van der Waals surface area (Å²) in [6.45, 7) is 2.46. The third kappa shape index (κ3) is 4.29. The van der Waals surface area contributed by atoms with Crippen LogP contribution in [-0.4, -0.2) is 27.9 Å². The second kappa shape index (κ2) is 8.53. The van der Waals surface area contributed by atoms with E-state index < -0.39 is 11.6 Å². The maximum Gasteiger partial charge on any atom is 0.323 e. The largest absolute Gasteiger partial charge is 0.352 e. The summed E-state index contributed by atoms with van der Waals surface area (Å²) in [5, 5.41) is 8.27. The number of carbonyl (C=O) groups is 2. The molecule has 0 saturated carbocycles. The van der Waals surface area contributed by atoms with Crippen LogP contribution >= 0.6 is 11.6 Å². The van der Waals surface area contributed by atoms with Crippen molar-refractivity contribution in [2.75, 3.05) is 17.2 Å². The Labute approximate surface area is 165 Å². The maximum atomic E-state index is 12.7. The van der Waals surface area contributed by atoms with Gasteiger partial charge in [-0.15, -0.1) is 0 Å². The summed E-state index contributed by atoms with van der Waals surface area (Å²) < 4.78 is 1.22. The molecule has 9 heteroatoms. The summed E-state index contributed by atoms with van der Waals surface area (Å²) in [4.78, 5) is 41.3. The summed E-state index contributed by atoms with van der Waals surface area (Å²) in [7, 11) is 0. The number of hydrogen-bond acceptors (Lipinski definition) is 4. The van der Waals surface area contributed by atoms with Gasteiger partial charge in [0.1, 0.15) is 5.69 Å². The molecule has 3 aromatic rings. The van der Waals surface area contributed by atoms with E-state index in [1.165, 1.54) is 16.8 Å². The number of halogens is 1. The van der Waals surface area contributed by atoms with E-state index >= 15 is 0 Å². The van der Waals surface area contributed by atoms with E-state index in [-0.39, 0.29) is 22.8 Å². The lowest BCUT2D eigenvalue weighted by Gasteiger charge is -2.10. The fraction of sp³-hybridized carbons (Fsp3) is 0.158. The first-order valence-electron chi connectivity index (χ1n) is 8.61. The van der Waals surface area contributed by atoms with Crippen molar-refractivity contribution < 1.29 is 9.59 Å². The average molecular weight is 400 g/mol. The lowest BCUT2D eigenvalue weighted by Crippen LogP contribution is -2.29. The Kier molecular flexibility index (Phi) is 5.90. The molecule has 0 radical (unpaired) electrons. The van der Waals surface area contributed by atoms with Gasteiger partial charge < -0.3 is 16.0 Å². The van der Waals surface area contributed by atoms with Gasteiger partial charge >= 0.3 is 6.03 Å². The van der Waals surface area contributed by atoms with Gasteiger partial charge in [-0.3, -0.25) is 14.0 Å². The Hall–Kier alpha value is -3.39. The Morgan fingerprint density at radius 3 is 2.75 bits per heavy atom. The average Bonchev–Trinajstić information content (AvgIpc) is 2.68. The highest BCUT2D eigenvalue weighted by molar-refractivity contribution is 6.30. The summed E-state index contributed by atoms with van der Waals surface area (Å²) in [5.41, 5.74) is 0.443. The zero-order valence-corrected chi connectivity index (χ0v) is 15.8. The zero-order chi connectivity index (χ0) is 20.1. The lowest BCUT2D eigenvalue weighted by atomic mass is 10.2. The number of nitrogens with one attached hydrogen (secondary N) is 3. The molecule has 0 aliphatic heterocycles. The van der Waals surface area contributed by atoms with Crippen molar-refractivity contribution in [1.82, 2.24) is 14.7 Å². The van der Waals surface area contributed by atoms with Gasteiger partial charge in [0.2, 0.25) is 0 Å². The number of carbonyl (C=O) groups excluding carboxylic acids is 2. The number of nitrogens with zero attached hydrogens (tertiary/aromatic N) is 2. The van der Waals surface area contributed by atoms with E-state index in [0.717, 1.165) is 6.42 Å². The molecule has 0 aliphatic rings. The molecule has 0 spiro atoms. The van der Waals surface area contributed by atoms with Crippen LogP contribution in [0.3, 0.4) is 0 Å². The quantitative estimate of drug-likeness (QED) is 0.613. The number of urea groups is 1. The highest BCUT2D eigenvalue weighted by Gasteiger charge is 2.14. The van der Waals surface area contributed by atoms with Crippen LogP contribution in [0.25, 0.3) is 5.65 Å². The van der Waals surface area contributed by atoms with Crippen molar-refractivity contribution in [2.45, 2.75) is 13.3 Å². The molecule has 0 atom stereocenters. The van der Waals surface area contributed by atoms with Crippen LogP contribution in [-0.2, 0) is 0 Å². The smallest absolute Gasteiger partial charge is 0.323 e. The van der Waals surface area contributed by atoms with E-state index in [2.05, 4.69) is 20.9 Å². The van der Waals surface area contributed by atoms with Crippen molar-refractivity contribution >= 4 is 40.6 Å². The number of anilines is 2. The monoisotopic (exact) mass is 399 g/mol. The second-order valence-corrected chi connectivity index (χ2v) is 6.37. The third-order valence-electron chi connectivity index (χ3n) is 3.84. The molecule has 0 bridgehead atoms. The van der Waals surface area contributed by atoms with Gasteiger partial charge in [0, 0.05) is 23.5 Å². The third-order valence-corrected chi connectivity index (χ3v) is 4.08. The predicted molar refractivity (Wildman–Crippen MR) is 108 cm³/mol. The molecular weight excluding hydrogens is 382 g/mol. The molecule has 28 heavy (non-hydrogen) atoms. The summed E-state index contributed by atoms with van der Waals surface area (Å²) in [6, 6.07) is 9.16. The number of benzene rings is 1. The van der Waals surface area contributed by atoms with Gasteiger partial charge in [0.15, 0.2) is 5.65 Å². The minimum atomic E-state index is -0.613. The Balaban J connectivity index is 1.85. The maximum absolute atomic E-state index is 12.7. The fourth-order valence-electron chi connectivity index (χ4n) is 2.55. The van der Waals surface area contributed by atoms with Gasteiger partial charge in [-0.1, -0.05) is 24.6 Å². The minimum absolute atomic E-state index is 0.0249. The molecule has 0 unspecified atom stereocenters. The number of rotatable bonds is 5. The molecule has 2 aromatic heterocycles. The van der Waals surface area contributed by atoms with Crippen LogP contribution in [0.1, 0.15) is 23.7 Å². The van der Waals surface area contributed by atoms with E-state index in [1.54, 1.807) is 36.4 Å². The predicted octanol–water partition coefficient (Wildman–Crippen LogP) is 3.13. The lowest BCUT2D eigenvalue weighted by molar-refractivity contribution is 0.0954. The van der Waals surface area contributed by atoms with Crippen molar-refractivity contribution in [3.8, 4) is 0 Å². The molecule has 3 amide bonds. The van der Waals surface area contributed by atoms with Crippen LogP contribution in [0, 0.1) is 0 Å². The molecule has 0 fully saturated rings. The van der Waals surface area contributed by atoms with Crippen LogP contribution in [0.4, 0.5) is 16.2 Å². The van der Waals surface area contributed by atoms with Crippen molar-refractivity contribution in [2.24, 2.45) is 0 Å². The van der Waals surface area contributed by atoms with Gasteiger partial charge in [-0.2, -0.15) is 0 Å². The van der Waals surface area contributed by atoms with Gasteiger partial charge in [0.05, 0.1) is 11.8 Å². The number of fused-ring (bicyclic) bond motifs is 1. The molecule has 2 heterocycles. The number of pyridine rings is 1.